The van der Waals surface area contributed by atoms with Gasteiger partial charge in [-0.2, -0.15) is 0 Å². The zero-order valence-corrected chi connectivity index (χ0v) is 6.82. The molecule has 0 atom stereocenters. The Hall–Kier alpha value is -1.38. The van der Waals surface area contributed by atoms with E-state index in [1.54, 1.807) is 18.2 Å². The van der Waals surface area contributed by atoms with Gasteiger partial charge in [0.1, 0.15) is 12.2 Å². The van der Waals surface area contributed by atoms with Gasteiger partial charge in [0.2, 0.25) is 0 Å². The Bertz CT molecular complexity index is 204. The summed E-state index contributed by atoms with van der Waals surface area (Å²) in [6.45, 7) is 3.46. The van der Waals surface area contributed by atoms with Crippen LogP contribution in [0.15, 0.2) is 24.8 Å². The average Bonchev–Trinajstić information content (AvgIpc) is 1.97. The molecule has 0 bridgehead atoms. The lowest BCUT2D eigenvalue weighted by atomic mass is 10.1. The number of ketones is 1. The summed E-state index contributed by atoms with van der Waals surface area (Å²) in [5, 5.41) is 8.23. The normalized spacial score (nSPS) is 10.0. The van der Waals surface area contributed by atoms with Crippen molar-refractivity contribution in [3.05, 3.63) is 24.8 Å². The number of hydrogen-bond acceptors (Lipinski definition) is 2. The summed E-state index contributed by atoms with van der Waals surface area (Å²) < 4.78 is 0. The van der Waals surface area contributed by atoms with E-state index in [0.717, 1.165) is 0 Å². The largest absolute Gasteiger partial charge is 0.481 e. The van der Waals surface area contributed by atoms with Crippen LogP contribution in [0.4, 0.5) is 0 Å². The summed E-state index contributed by atoms with van der Waals surface area (Å²) in [4.78, 5) is 20.8. The Labute approximate surface area is 71.4 Å². The fourth-order valence-electron chi connectivity index (χ4n) is 0.694. The van der Waals surface area contributed by atoms with Crippen molar-refractivity contribution in [3.8, 4) is 0 Å². The Morgan fingerprint density at radius 1 is 1.42 bits per heavy atom. The van der Waals surface area contributed by atoms with Crippen molar-refractivity contribution >= 4 is 11.8 Å². The fraction of sp³-hybridized carbons (Fsp3) is 0.333. The minimum absolute atomic E-state index is 0.240. The van der Waals surface area contributed by atoms with Gasteiger partial charge in [0.05, 0.1) is 0 Å². The van der Waals surface area contributed by atoms with E-state index in [4.69, 9.17) is 5.11 Å². The molecule has 0 heterocycles. The minimum atomic E-state index is -1.06. The molecule has 0 aliphatic carbocycles. The lowest BCUT2D eigenvalue weighted by molar-refractivity contribution is -0.140. The average molecular weight is 168 g/mol. The Kier molecular flexibility index (Phi) is 5.61. The molecule has 3 heteroatoms. The molecule has 0 aromatic carbocycles. The highest BCUT2D eigenvalue weighted by Crippen LogP contribution is 1.96. The second-order valence-electron chi connectivity index (χ2n) is 2.31. The van der Waals surface area contributed by atoms with Crippen LogP contribution in [0.25, 0.3) is 0 Å². The summed E-state index contributed by atoms with van der Waals surface area (Å²) in [5.74, 6) is -1.30. The van der Waals surface area contributed by atoms with Crippen LogP contribution < -0.4 is 0 Å². The number of Topliss-reactive ketones (excluding diaryl/α,β-unsaturated/α-hetero) is 1. The topological polar surface area (TPSA) is 54.4 Å². The highest BCUT2D eigenvalue weighted by molar-refractivity contribution is 5.94. The summed E-state index contributed by atoms with van der Waals surface area (Å²) in [7, 11) is 0. The van der Waals surface area contributed by atoms with E-state index in [2.05, 4.69) is 6.58 Å². The molecule has 0 spiro atoms. The van der Waals surface area contributed by atoms with Crippen LogP contribution in [0, 0.1) is 0 Å². The lowest BCUT2D eigenvalue weighted by Gasteiger charge is -1.92. The number of carbonyl (C=O) groups excluding carboxylic acids is 1. The monoisotopic (exact) mass is 168 g/mol. The number of allylic oxidation sites excluding steroid dienone is 3. The van der Waals surface area contributed by atoms with Crippen LogP contribution in [0.3, 0.4) is 0 Å². The molecule has 0 amide bonds. The van der Waals surface area contributed by atoms with Gasteiger partial charge in [-0.1, -0.05) is 24.8 Å². The number of carboxylic acid groups (broad SMARTS) is 1. The summed E-state index contributed by atoms with van der Waals surface area (Å²) in [5.41, 5.74) is 0. The van der Waals surface area contributed by atoms with Gasteiger partial charge in [-0.05, 0) is 6.42 Å². The molecule has 0 unspecified atom stereocenters. The van der Waals surface area contributed by atoms with Crippen molar-refractivity contribution in [1.29, 1.82) is 0 Å². The first-order chi connectivity index (χ1) is 5.66. The molecule has 0 fully saturated rings. The molecular formula is C9H12O3. The van der Waals surface area contributed by atoms with E-state index in [0.29, 0.717) is 6.42 Å². The molecule has 0 aromatic rings. The van der Waals surface area contributed by atoms with Crippen molar-refractivity contribution in [3.63, 3.8) is 0 Å². The highest BCUT2D eigenvalue weighted by atomic mass is 16.4. The van der Waals surface area contributed by atoms with E-state index in [1.807, 2.05) is 0 Å². The van der Waals surface area contributed by atoms with Gasteiger partial charge in [-0.3, -0.25) is 9.59 Å². The molecule has 1 N–H and O–H groups in total. The fourth-order valence-corrected chi connectivity index (χ4v) is 0.694. The maximum absolute atomic E-state index is 10.8. The van der Waals surface area contributed by atoms with Crippen LogP contribution in [0.1, 0.15) is 19.3 Å². The maximum Gasteiger partial charge on any atom is 0.310 e. The summed E-state index contributed by atoms with van der Waals surface area (Å²) >= 11 is 0. The van der Waals surface area contributed by atoms with Crippen molar-refractivity contribution in [2.45, 2.75) is 19.3 Å². The van der Waals surface area contributed by atoms with Gasteiger partial charge in [0.25, 0.3) is 0 Å². The number of aliphatic carboxylic acids is 1. The number of rotatable bonds is 6. The van der Waals surface area contributed by atoms with Gasteiger partial charge in [-0.15, -0.1) is 0 Å². The summed E-state index contributed by atoms with van der Waals surface area (Å²) in [6, 6.07) is 0. The van der Waals surface area contributed by atoms with E-state index < -0.39 is 5.97 Å². The van der Waals surface area contributed by atoms with Crippen LogP contribution in [-0.4, -0.2) is 16.9 Å². The van der Waals surface area contributed by atoms with Gasteiger partial charge in [0.15, 0.2) is 0 Å². The molecule has 12 heavy (non-hydrogen) atoms. The zero-order valence-electron chi connectivity index (χ0n) is 6.82. The number of hydrogen-bond donors (Lipinski definition) is 1. The molecule has 0 aliphatic heterocycles. The molecule has 66 valence electrons. The second kappa shape index (κ2) is 6.34. The molecule has 0 saturated carbocycles. The Morgan fingerprint density at radius 2 is 2.08 bits per heavy atom. The first-order valence-electron chi connectivity index (χ1n) is 3.68. The first-order valence-corrected chi connectivity index (χ1v) is 3.68. The van der Waals surface area contributed by atoms with Gasteiger partial charge in [-0.25, -0.2) is 0 Å². The van der Waals surface area contributed by atoms with Gasteiger partial charge in [0, 0.05) is 6.42 Å². The third kappa shape index (κ3) is 6.74. The first kappa shape index (κ1) is 10.6. The second-order valence-corrected chi connectivity index (χ2v) is 2.31. The van der Waals surface area contributed by atoms with Crippen LogP contribution in [0.2, 0.25) is 0 Å². The molecule has 0 saturated heterocycles. The lowest BCUT2D eigenvalue weighted by Crippen LogP contribution is -2.05. The number of carboxylic acids is 1. The molecule has 3 nitrogen and oxygen atoms in total. The van der Waals surface area contributed by atoms with Crippen molar-refractivity contribution in [2.24, 2.45) is 0 Å². The van der Waals surface area contributed by atoms with E-state index in [-0.39, 0.29) is 18.6 Å². The Balaban J connectivity index is 3.50. The van der Waals surface area contributed by atoms with Crippen molar-refractivity contribution in [2.75, 3.05) is 0 Å². The van der Waals surface area contributed by atoms with Crippen molar-refractivity contribution < 1.29 is 14.7 Å². The van der Waals surface area contributed by atoms with Crippen LogP contribution in [0.5, 0.6) is 0 Å². The highest BCUT2D eigenvalue weighted by Gasteiger charge is 2.05. The smallest absolute Gasteiger partial charge is 0.310 e. The van der Waals surface area contributed by atoms with Crippen LogP contribution >= 0.6 is 0 Å². The third-order valence-electron chi connectivity index (χ3n) is 1.21. The standard InChI is InChI=1S/C9H12O3/c1-2-3-4-5-6-8(10)7-9(11)12/h2-4H,1,5-7H2,(H,11,12)/b4-3+. The molecule has 0 radical (unpaired) electrons. The van der Waals surface area contributed by atoms with E-state index in [1.165, 1.54) is 0 Å². The Morgan fingerprint density at radius 3 is 2.58 bits per heavy atom. The predicted molar refractivity (Wildman–Crippen MR) is 45.8 cm³/mol. The van der Waals surface area contributed by atoms with Gasteiger partial charge >= 0.3 is 5.97 Å². The molecular weight excluding hydrogens is 156 g/mol. The third-order valence-corrected chi connectivity index (χ3v) is 1.21. The van der Waals surface area contributed by atoms with E-state index >= 15 is 0 Å². The van der Waals surface area contributed by atoms with Crippen molar-refractivity contribution in [1.82, 2.24) is 0 Å². The number of carbonyl (C=O) groups is 2. The molecule has 0 aliphatic rings. The summed E-state index contributed by atoms with van der Waals surface area (Å²) in [6.07, 6.45) is 5.62. The predicted octanol–water partition coefficient (Wildman–Crippen LogP) is 1.55. The van der Waals surface area contributed by atoms with E-state index in [9.17, 15) is 9.59 Å². The molecule has 0 aromatic heterocycles. The maximum atomic E-state index is 10.8. The van der Waals surface area contributed by atoms with Gasteiger partial charge < -0.3 is 5.11 Å². The molecule has 0 rings (SSSR count). The SMILES string of the molecule is C=C/C=C/CCC(=O)CC(=O)O. The quantitative estimate of drug-likeness (QED) is 0.483. The zero-order chi connectivity index (χ0) is 9.40. The van der Waals surface area contributed by atoms with Crippen LogP contribution in [-0.2, 0) is 9.59 Å². The minimum Gasteiger partial charge on any atom is -0.481 e.